The second-order valence-corrected chi connectivity index (χ2v) is 10.6. The number of benzene rings is 2. The lowest BCUT2D eigenvalue weighted by Gasteiger charge is -2.22. The van der Waals surface area contributed by atoms with Crippen LogP contribution in [0.15, 0.2) is 60.8 Å². The summed E-state index contributed by atoms with van der Waals surface area (Å²) in [5.41, 5.74) is 8.39. The fourth-order valence-electron chi connectivity index (χ4n) is 4.70. The standard InChI is InChI=1S/C31H32F3N5O2/c1-17(2)26-15-28(18(3)4)39(38-26)16-29(40)37-27(12-19-10-21(32)14-22(33)11-19)30-23(6-5-9-36-30)20-7-8-25(34)24(13-20)31(35)41/h5-11,13-15,17-18,27H,12,16H2,1-4H3,(H2,35,41)(H,37,40). The van der Waals surface area contributed by atoms with Crippen LogP contribution in [0.3, 0.4) is 0 Å². The van der Waals surface area contributed by atoms with Gasteiger partial charge in [0.2, 0.25) is 5.91 Å². The van der Waals surface area contributed by atoms with E-state index >= 15 is 0 Å². The van der Waals surface area contributed by atoms with Crippen molar-refractivity contribution in [2.75, 3.05) is 0 Å². The highest BCUT2D eigenvalue weighted by Crippen LogP contribution is 2.30. The van der Waals surface area contributed by atoms with Gasteiger partial charge in [-0.15, -0.1) is 0 Å². The van der Waals surface area contributed by atoms with Gasteiger partial charge >= 0.3 is 0 Å². The molecule has 214 valence electrons. The molecule has 0 saturated carbocycles. The van der Waals surface area contributed by atoms with Crippen LogP contribution in [0, 0.1) is 17.5 Å². The van der Waals surface area contributed by atoms with Crippen LogP contribution < -0.4 is 11.1 Å². The van der Waals surface area contributed by atoms with Crippen molar-refractivity contribution in [2.45, 2.75) is 58.5 Å². The quantitative estimate of drug-likeness (QED) is 0.254. The van der Waals surface area contributed by atoms with Crippen LogP contribution in [0.25, 0.3) is 11.1 Å². The molecule has 0 bridgehead atoms. The Balaban J connectivity index is 1.74. The minimum Gasteiger partial charge on any atom is -0.366 e. The Morgan fingerprint density at radius 2 is 1.66 bits per heavy atom. The Bertz CT molecular complexity index is 1560. The van der Waals surface area contributed by atoms with Crippen molar-refractivity contribution in [3.63, 3.8) is 0 Å². The molecule has 1 unspecified atom stereocenters. The third-order valence-corrected chi connectivity index (χ3v) is 6.72. The van der Waals surface area contributed by atoms with Gasteiger partial charge in [0, 0.05) is 23.5 Å². The lowest BCUT2D eigenvalue weighted by atomic mass is 9.94. The summed E-state index contributed by atoms with van der Waals surface area (Å²) in [6.45, 7) is 7.98. The lowest BCUT2D eigenvalue weighted by Crippen LogP contribution is -2.34. The van der Waals surface area contributed by atoms with Gasteiger partial charge in [0.05, 0.1) is 23.0 Å². The highest BCUT2D eigenvalue weighted by molar-refractivity contribution is 5.94. The Kier molecular flexibility index (Phi) is 8.90. The van der Waals surface area contributed by atoms with Crippen LogP contribution >= 0.6 is 0 Å². The van der Waals surface area contributed by atoms with E-state index in [1.807, 2.05) is 33.8 Å². The zero-order chi connectivity index (χ0) is 29.8. The summed E-state index contributed by atoms with van der Waals surface area (Å²) in [4.78, 5) is 29.7. The molecule has 2 aromatic heterocycles. The Labute approximate surface area is 236 Å². The smallest absolute Gasteiger partial charge is 0.251 e. The van der Waals surface area contributed by atoms with Crippen LogP contribution in [0.1, 0.15) is 78.6 Å². The molecule has 4 rings (SSSR count). The van der Waals surface area contributed by atoms with Crippen molar-refractivity contribution in [1.82, 2.24) is 20.1 Å². The minimum atomic E-state index is -0.934. The molecule has 7 nitrogen and oxygen atoms in total. The second kappa shape index (κ2) is 12.4. The predicted molar refractivity (Wildman–Crippen MR) is 149 cm³/mol. The highest BCUT2D eigenvalue weighted by Gasteiger charge is 2.24. The first-order chi connectivity index (χ1) is 19.4. The van der Waals surface area contributed by atoms with Gasteiger partial charge in [-0.05, 0) is 65.8 Å². The van der Waals surface area contributed by atoms with Gasteiger partial charge in [0.25, 0.3) is 5.91 Å². The van der Waals surface area contributed by atoms with E-state index in [2.05, 4.69) is 15.4 Å². The number of primary amides is 1. The van der Waals surface area contributed by atoms with Crippen molar-refractivity contribution < 1.29 is 22.8 Å². The van der Waals surface area contributed by atoms with Crippen LogP contribution in [-0.2, 0) is 17.8 Å². The maximum Gasteiger partial charge on any atom is 0.251 e. The molecule has 0 aliphatic carbocycles. The molecule has 4 aromatic rings. The minimum absolute atomic E-state index is 0.00168. The fourth-order valence-corrected chi connectivity index (χ4v) is 4.70. The van der Waals surface area contributed by atoms with E-state index in [1.54, 1.807) is 16.8 Å². The SMILES string of the molecule is CC(C)c1cc(C(C)C)n(CC(=O)NC(Cc2cc(F)cc(F)c2)c2ncccc2-c2ccc(F)c(C(N)=O)c2)n1. The molecule has 0 fully saturated rings. The molecule has 0 spiro atoms. The molecular weight excluding hydrogens is 531 g/mol. The first kappa shape index (κ1) is 29.5. The summed E-state index contributed by atoms with van der Waals surface area (Å²) in [6.07, 6.45) is 1.52. The largest absolute Gasteiger partial charge is 0.366 e. The van der Waals surface area contributed by atoms with Crippen molar-refractivity contribution in [3.8, 4) is 11.1 Å². The van der Waals surface area contributed by atoms with E-state index in [0.29, 0.717) is 22.4 Å². The molecule has 2 amide bonds. The molecule has 10 heteroatoms. The molecular formula is C31H32F3N5O2. The Hall–Kier alpha value is -4.47. The topological polar surface area (TPSA) is 103 Å². The van der Waals surface area contributed by atoms with Gasteiger partial charge in [-0.1, -0.05) is 39.8 Å². The second-order valence-electron chi connectivity index (χ2n) is 10.6. The van der Waals surface area contributed by atoms with Gasteiger partial charge in [-0.3, -0.25) is 19.3 Å². The number of rotatable bonds is 10. The molecule has 41 heavy (non-hydrogen) atoms. The number of hydrogen-bond donors (Lipinski definition) is 2. The molecule has 2 heterocycles. The zero-order valence-electron chi connectivity index (χ0n) is 23.3. The average Bonchev–Trinajstić information content (AvgIpc) is 3.32. The zero-order valence-corrected chi connectivity index (χ0v) is 23.3. The summed E-state index contributed by atoms with van der Waals surface area (Å²) in [6, 6.07) is 11.5. The highest BCUT2D eigenvalue weighted by atomic mass is 19.1. The number of amides is 2. The molecule has 0 aliphatic heterocycles. The van der Waals surface area contributed by atoms with E-state index in [1.165, 1.54) is 30.5 Å². The number of nitrogens with zero attached hydrogens (tertiary/aromatic N) is 3. The van der Waals surface area contributed by atoms with Gasteiger partial charge < -0.3 is 11.1 Å². The third-order valence-electron chi connectivity index (χ3n) is 6.72. The molecule has 2 aromatic carbocycles. The van der Waals surface area contributed by atoms with Gasteiger partial charge in [0.15, 0.2) is 0 Å². The summed E-state index contributed by atoms with van der Waals surface area (Å²) >= 11 is 0. The molecule has 3 N–H and O–H groups in total. The fraction of sp³-hybridized carbons (Fsp3) is 0.290. The molecule has 0 aliphatic rings. The first-order valence-corrected chi connectivity index (χ1v) is 13.3. The molecule has 0 saturated heterocycles. The van der Waals surface area contributed by atoms with Crippen molar-refractivity contribution >= 4 is 11.8 Å². The van der Waals surface area contributed by atoms with Crippen molar-refractivity contribution in [1.29, 1.82) is 0 Å². The number of hydrogen-bond acceptors (Lipinski definition) is 4. The summed E-state index contributed by atoms with van der Waals surface area (Å²) < 4.78 is 44.1. The van der Waals surface area contributed by atoms with Gasteiger partial charge in [-0.25, -0.2) is 13.2 Å². The van der Waals surface area contributed by atoms with E-state index in [4.69, 9.17) is 5.73 Å². The predicted octanol–water partition coefficient (Wildman–Crippen LogP) is 5.81. The van der Waals surface area contributed by atoms with Crippen molar-refractivity contribution in [2.24, 2.45) is 5.73 Å². The van der Waals surface area contributed by atoms with Crippen LogP contribution in [0.4, 0.5) is 13.2 Å². The summed E-state index contributed by atoms with van der Waals surface area (Å²) in [5.74, 6) is -3.31. The molecule has 0 radical (unpaired) electrons. The van der Waals surface area contributed by atoms with Gasteiger partial charge in [-0.2, -0.15) is 5.10 Å². The van der Waals surface area contributed by atoms with E-state index in [9.17, 15) is 22.8 Å². The normalized spacial score (nSPS) is 12.1. The number of nitrogens with two attached hydrogens (primary N) is 1. The maximum atomic E-state index is 14.2. The number of pyridine rings is 1. The lowest BCUT2D eigenvalue weighted by molar-refractivity contribution is -0.122. The van der Waals surface area contributed by atoms with Crippen LogP contribution in [0.2, 0.25) is 0 Å². The summed E-state index contributed by atoms with van der Waals surface area (Å²) in [5, 5.41) is 7.58. The number of nitrogens with one attached hydrogen (secondary N) is 1. The van der Waals surface area contributed by atoms with Crippen LogP contribution in [0.5, 0.6) is 0 Å². The Morgan fingerprint density at radius 1 is 0.951 bits per heavy atom. The monoisotopic (exact) mass is 563 g/mol. The average molecular weight is 564 g/mol. The number of carbonyl (C=O) groups excluding carboxylic acids is 2. The number of aromatic nitrogens is 3. The first-order valence-electron chi connectivity index (χ1n) is 13.3. The maximum absolute atomic E-state index is 14.2. The number of halogens is 3. The third kappa shape index (κ3) is 7.00. The van der Waals surface area contributed by atoms with Crippen molar-refractivity contribution in [3.05, 3.63) is 106 Å². The van der Waals surface area contributed by atoms with E-state index < -0.39 is 29.4 Å². The summed E-state index contributed by atoms with van der Waals surface area (Å²) in [7, 11) is 0. The van der Waals surface area contributed by atoms with Gasteiger partial charge in [0.1, 0.15) is 24.0 Å². The van der Waals surface area contributed by atoms with E-state index in [-0.39, 0.29) is 36.3 Å². The number of carbonyl (C=O) groups is 2. The van der Waals surface area contributed by atoms with E-state index in [0.717, 1.165) is 23.5 Å². The molecule has 1 atom stereocenters. The Morgan fingerprint density at radius 3 is 2.29 bits per heavy atom. The van der Waals surface area contributed by atoms with Crippen LogP contribution in [-0.4, -0.2) is 26.6 Å².